The van der Waals surface area contributed by atoms with Gasteiger partial charge in [-0.3, -0.25) is 0 Å². The first-order valence-electron chi connectivity index (χ1n) is 4.20. The summed E-state index contributed by atoms with van der Waals surface area (Å²) in [5, 5.41) is 9.63. The quantitative estimate of drug-likeness (QED) is 0.736. The Labute approximate surface area is 77.2 Å². The molecule has 3 N–H and O–H groups in total. The molecule has 72 valence electrons. The number of nitrogens with two attached hydrogens (primary N) is 1. The smallest absolute Gasteiger partial charge is 0.123 e. The van der Waals surface area contributed by atoms with E-state index >= 15 is 0 Å². The molecular formula is C10H14FNO. The summed E-state index contributed by atoms with van der Waals surface area (Å²) in [4.78, 5) is 0. The fraction of sp³-hybridized carbons (Fsp3) is 0.400. The molecule has 3 heteroatoms. The van der Waals surface area contributed by atoms with Crippen molar-refractivity contribution >= 4 is 0 Å². The summed E-state index contributed by atoms with van der Waals surface area (Å²) < 4.78 is 12.5. The lowest BCUT2D eigenvalue weighted by Gasteiger charge is -2.20. The molecule has 0 aromatic heterocycles. The van der Waals surface area contributed by atoms with Gasteiger partial charge in [-0.1, -0.05) is 12.1 Å². The van der Waals surface area contributed by atoms with Gasteiger partial charge in [0.15, 0.2) is 0 Å². The maximum Gasteiger partial charge on any atom is 0.123 e. The van der Waals surface area contributed by atoms with E-state index in [-0.39, 0.29) is 12.4 Å². The predicted octanol–water partition coefficient (Wildman–Crippen LogP) is 1.08. The SMILES string of the molecule is CC(O)(CN)Cc1ccc(F)cc1. The van der Waals surface area contributed by atoms with Crippen molar-refractivity contribution in [3.8, 4) is 0 Å². The van der Waals surface area contributed by atoms with Crippen molar-refractivity contribution in [1.29, 1.82) is 0 Å². The average molecular weight is 183 g/mol. The Hall–Kier alpha value is -0.930. The Morgan fingerprint density at radius 2 is 1.92 bits per heavy atom. The normalized spacial score (nSPS) is 15.4. The molecule has 0 amide bonds. The molecule has 1 aromatic carbocycles. The molecule has 0 bridgehead atoms. The van der Waals surface area contributed by atoms with Crippen LogP contribution in [0.5, 0.6) is 0 Å². The second-order valence-corrected chi connectivity index (χ2v) is 3.50. The first-order valence-corrected chi connectivity index (χ1v) is 4.20. The predicted molar refractivity (Wildman–Crippen MR) is 49.8 cm³/mol. The van der Waals surface area contributed by atoms with Gasteiger partial charge in [0.2, 0.25) is 0 Å². The van der Waals surface area contributed by atoms with Crippen molar-refractivity contribution in [2.75, 3.05) is 6.54 Å². The standard InChI is InChI=1S/C10H14FNO/c1-10(13,7-12)6-8-2-4-9(11)5-3-8/h2-5,13H,6-7,12H2,1H3. The van der Waals surface area contributed by atoms with Gasteiger partial charge in [-0.2, -0.15) is 0 Å². The number of halogens is 1. The van der Waals surface area contributed by atoms with Crippen LogP contribution in [0.2, 0.25) is 0 Å². The topological polar surface area (TPSA) is 46.2 Å². The van der Waals surface area contributed by atoms with Crippen molar-refractivity contribution in [3.05, 3.63) is 35.6 Å². The molecule has 2 nitrogen and oxygen atoms in total. The van der Waals surface area contributed by atoms with Crippen LogP contribution in [0.25, 0.3) is 0 Å². The van der Waals surface area contributed by atoms with Crippen LogP contribution in [0.4, 0.5) is 4.39 Å². The van der Waals surface area contributed by atoms with Crippen LogP contribution in [0, 0.1) is 5.82 Å². The van der Waals surface area contributed by atoms with Gasteiger partial charge in [-0.25, -0.2) is 4.39 Å². The summed E-state index contributed by atoms with van der Waals surface area (Å²) in [6.45, 7) is 1.86. The maximum absolute atomic E-state index is 12.5. The van der Waals surface area contributed by atoms with Crippen LogP contribution >= 0.6 is 0 Å². The summed E-state index contributed by atoms with van der Waals surface area (Å²) >= 11 is 0. The minimum Gasteiger partial charge on any atom is -0.389 e. The minimum absolute atomic E-state index is 0.199. The van der Waals surface area contributed by atoms with E-state index in [9.17, 15) is 9.50 Å². The first-order chi connectivity index (χ1) is 6.03. The fourth-order valence-electron chi connectivity index (χ4n) is 1.11. The van der Waals surface area contributed by atoms with E-state index in [1.54, 1.807) is 19.1 Å². The number of benzene rings is 1. The minimum atomic E-state index is -0.905. The van der Waals surface area contributed by atoms with E-state index < -0.39 is 5.60 Å². The second kappa shape index (κ2) is 3.85. The van der Waals surface area contributed by atoms with Gasteiger partial charge in [-0.05, 0) is 24.6 Å². The van der Waals surface area contributed by atoms with Crippen LogP contribution in [-0.4, -0.2) is 17.3 Å². The van der Waals surface area contributed by atoms with E-state index in [2.05, 4.69) is 0 Å². The molecular weight excluding hydrogens is 169 g/mol. The third-order valence-corrected chi connectivity index (χ3v) is 1.94. The van der Waals surface area contributed by atoms with Crippen LogP contribution in [0.15, 0.2) is 24.3 Å². The van der Waals surface area contributed by atoms with Crippen LogP contribution in [0.1, 0.15) is 12.5 Å². The third kappa shape index (κ3) is 3.13. The monoisotopic (exact) mass is 183 g/mol. The summed E-state index contributed by atoms with van der Waals surface area (Å²) in [6.07, 6.45) is 0.448. The van der Waals surface area contributed by atoms with Crippen LogP contribution < -0.4 is 5.73 Å². The summed E-state index contributed by atoms with van der Waals surface area (Å²) in [6, 6.07) is 6.06. The summed E-state index contributed by atoms with van der Waals surface area (Å²) in [5.41, 5.74) is 5.34. The van der Waals surface area contributed by atoms with Crippen molar-refractivity contribution in [2.45, 2.75) is 18.9 Å². The molecule has 0 saturated heterocycles. The molecule has 0 aliphatic heterocycles. The molecule has 1 atom stereocenters. The van der Waals surface area contributed by atoms with Crippen molar-refractivity contribution in [2.24, 2.45) is 5.73 Å². The van der Waals surface area contributed by atoms with Gasteiger partial charge < -0.3 is 10.8 Å². The molecule has 0 heterocycles. The second-order valence-electron chi connectivity index (χ2n) is 3.50. The Morgan fingerprint density at radius 3 is 2.38 bits per heavy atom. The molecule has 0 saturated carbocycles. The summed E-state index contributed by atoms with van der Waals surface area (Å²) in [5.74, 6) is -0.267. The zero-order valence-corrected chi connectivity index (χ0v) is 7.63. The maximum atomic E-state index is 12.5. The van der Waals surface area contributed by atoms with Crippen LogP contribution in [-0.2, 0) is 6.42 Å². The number of hydrogen-bond acceptors (Lipinski definition) is 2. The van der Waals surface area contributed by atoms with E-state index in [1.807, 2.05) is 0 Å². The third-order valence-electron chi connectivity index (χ3n) is 1.94. The van der Waals surface area contributed by atoms with Crippen molar-refractivity contribution in [1.82, 2.24) is 0 Å². The van der Waals surface area contributed by atoms with E-state index in [1.165, 1.54) is 12.1 Å². The molecule has 0 spiro atoms. The summed E-state index contributed by atoms with van der Waals surface area (Å²) in [7, 11) is 0. The molecule has 0 radical (unpaired) electrons. The largest absolute Gasteiger partial charge is 0.389 e. The number of hydrogen-bond donors (Lipinski definition) is 2. The van der Waals surface area contributed by atoms with E-state index in [0.717, 1.165) is 5.56 Å². The number of aliphatic hydroxyl groups is 1. The Kier molecular flexibility index (Phi) is 3.01. The lowest BCUT2D eigenvalue weighted by molar-refractivity contribution is 0.0696. The molecule has 0 fully saturated rings. The van der Waals surface area contributed by atoms with E-state index in [4.69, 9.17) is 5.73 Å². The van der Waals surface area contributed by atoms with Crippen molar-refractivity contribution in [3.63, 3.8) is 0 Å². The Bertz CT molecular complexity index is 269. The highest BCUT2D eigenvalue weighted by Gasteiger charge is 2.18. The Balaban J connectivity index is 2.69. The first kappa shape index (κ1) is 10.2. The molecule has 0 aliphatic carbocycles. The molecule has 1 rings (SSSR count). The highest BCUT2D eigenvalue weighted by atomic mass is 19.1. The highest BCUT2D eigenvalue weighted by molar-refractivity contribution is 5.18. The van der Waals surface area contributed by atoms with Gasteiger partial charge in [0, 0.05) is 13.0 Å². The molecule has 1 aromatic rings. The lowest BCUT2D eigenvalue weighted by Crippen LogP contribution is -2.36. The fourth-order valence-corrected chi connectivity index (χ4v) is 1.11. The van der Waals surface area contributed by atoms with Crippen LogP contribution in [0.3, 0.4) is 0 Å². The molecule has 13 heavy (non-hydrogen) atoms. The van der Waals surface area contributed by atoms with Gasteiger partial charge in [-0.15, -0.1) is 0 Å². The lowest BCUT2D eigenvalue weighted by atomic mass is 9.97. The zero-order chi connectivity index (χ0) is 9.90. The van der Waals surface area contributed by atoms with E-state index in [0.29, 0.717) is 6.42 Å². The molecule has 0 aliphatic rings. The van der Waals surface area contributed by atoms with Gasteiger partial charge in [0.05, 0.1) is 5.60 Å². The highest BCUT2D eigenvalue weighted by Crippen LogP contribution is 2.12. The van der Waals surface area contributed by atoms with Gasteiger partial charge in [0.25, 0.3) is 0 Å². The Morgan fingerprint density at radius 1 is 1.38 bits per heavy atom. The molecule has 1 unspecified atom stereocenters. The van der Waals surface area contributed by atoms with Crippen molar-refractivity contribution < 1.29 is 9.50 Å². The number of rotatable bonds is 3. The zero-order valence-electron chi connectivity index (χ0n) is 7.63. The van der Waals surface area contributed by atoms with Gasteiger partial charge in [0.1, 0.15) is 5.82 Å². The average Bonchev–Trinajstić information content (AvgIpc) is 2.09. The van der Waals surface area contributed by atoms with Gasteiger partial charge >= 0.3 is 0 Å².